The summed E-state index contributed by atoms with van der Waals surface area (Å²) in [4.78, 5) is 38.8. The lowest BCUT2D eigenvalue weighted by molar-refractivity contribution is -0.274. The number of rotatable bonds is 5. The Morgan fingerprint density at radius 1 is 1.16 bits per heavy atom. The number of nitrogens with one attached hydrogen (secondary N) is 2. The number of nitrogens with zero attached hydrogens (tertiary/aromatic N) is 3. The maximum absolute atomic E-state index is 12.5. The van der Waals surface area contributed by atoms with E-state index in [-0.39, 0.29) is 24.1 Å². The largest absolute Gasteiger partial charge is 0.573 e. The molecule has 0 aliphatic carbocycles. The van der Waals surface area contributed by atoms with E-state index in [0.717, 1.165) is 23.7 Å². The van der Waals surface area contributed by atoms with Gasteiger partial charge in [0.25, 0.3) is 5.91 Å². The number of alkyl halides is 3. The van der Waals surface area contributed by atoms with Gasteiger partial charge in [-0.1, -0.05) is 4.49 Å². The van der Waals surface area contributed by atoms with Crippen molar-refractivity contribution in [3.05, 3.63) is 34.8 Å². The molecule has 2 aromatic rings. The second kappa shape index (κ2) is 9.94. The van der Waals surface area contributed by atoms with Gasteiger partial charge in [0.15, 0.2) is 0 Å². The van der Waals surface area contributed by atoms with Crippen LogP contribution in [0.3, 0.4) is 0 Å². The molecule has 0 bridgehead atoms. The van der Waals surface area contributed by atoms with E-state index >= 15 is 0 Å². The standard InChI is InChI=1S/C19H20F3N5O4S/c1-11-15(32-26-25-11)18(30)27-8-6-12(7-9-27)10-23-16(28)17(29)24-13-2-4-14(5-3-13)31-19(20,21)22/h2-5,12H,6-10H2,1H3,(H,23,28)(H,24,29). The molecule has 1 aromatic carbocycles. The van der Waals surface area contributed by atoms with E-state index in [2.05, 4.69) is 25.0 Å². The van der Waals surface area contributed by atoms with Gasteiger partial charge < -0.3 is 20.3 Å². The van der Waals surface area contributed by atoms with Gasteiger partial charge >= 0.3 is 18.2 Å². The number of anilines is 1. The van der Waals surface area contributed by atoms with Crippen LogP contribution in [-0.4, -0.2) is 58.2 Å². The molecule has 1 saturated heterocycles. The number of carbonyl (C=O) groups is 3. The first-order valence-electron chi connectivity index (χ1n) is 9.65. The van der Waals surface area contributed by atoms with Crippen molar-refractivity contribution in [1.29, 1.82) is 0 Å². The van der Waals surface area contributed by atoms with Crippen LogP contribution in [0.2, 0.25) is 0 Å². The van der Waals surface area contributed by atoms with Crippen LogP contribution in [0.25, 0.3) is 0 Å². The van der Waals surface area contributed by atoms with Gasteiger partial charge in [0.2, 0.25) is 0 Å². The average molecular weight is 471 g/mol. The van der Waals surface area contributed by atoms with Crippen LogP contribution in [0.15, 0.2) is 24.3 Å². The summed E-state index contributed by atoms with van der Waals surface area (Å²) in [6, 6.07) is 4.44. The molecule has 172 valence electrons. The molecule has 0 unspecified atom stereocenters. The Balaban J connectivity index is 1.40. The zero-order valence-electron chi connectivity index (χ0n) is 16.9. The molecule has 32 heavy (non-hydrogen) atoms. The predicted octanol–water partition coefficient (Wildman–Crippen LogP) is 2.35. The fraction of sp³-hybridized carbons (Fsp3) is 0.421. The second-order valence-electron chi connectivity index (χ2n) is 7.16. The van der Waals surface area contributed by atoms with Crippen molar-refractivity contribution in [1.82, 2.24) is 19.8 Å². The Morgan fingerprint density at radius 3 is 2.38 bits per heavy atom. The van der Waals surface area contributed by atoms with E-state index in [0.29, 0.717) is 36.5 Å². The van der Waals surface area contributed by atoms with E-state index in [1.165, 1.54) is 12.1 Å². The summed E-state index contributed by atoms with van der Waals surface area (Å²) in [6.45, 7) is 3.05. The molecule has 3 amide bonds. The van der Waals surface area contributed by atoms with Crippen LogP contribution in [0, 0.1) is 12.8 Å². The van der Waals surface area contributed by atoms with Crippen molar-refractivity contribution in [3.8, 4) is 5.75 Å². The van der Waals surface area contributed by atoms with Gasteiger partial charge in [0, 0.05) is 25.3 Å². The van der Waals surface area contributed by atoms with Crippen molar-refractivity contribution in [3.63, 3.8) is 0 Å². The highest BCUT2D eigenvalue weighted by molar-refractivity contribution is 7.07. The summed E-state index contributed by atoms with van der Waals surface area (Å²) in [7, 11) is 0. The normalized spacial score (nSPS) is 14.7. The fourth-order valence-electron chi connectivity index (χ4n) is 3.16. The smallest absolute Gasteiger partial charge is 0.406 e. The lowest BCUT2D eigenvalue weighted by Gasteiger charge is -2.31. The fourth-order valence-corrected chi connectivity index (χ4v) is 3.78. The Hall–Kier alpha value is -3.22. The Kier molecular flexibility index (Phi) is 7.28. The summed E-state index contributed by atoms with van der Waals surface area (Å²) in [6.07, 6.45) is -3.48. The molecule has 1 aromatic heterocycles. The number of hydrogen-bond acceptors (Lipinski definition) is 7. The van der Waals surface area contributed by atoms with Crippen molar-refractivity contribution in [2.24, 2.45) is 5.92 Å². The highest BCUT2D eigenvalue weighted by Crippen LogP contribution is 2.24. The number of halogens is 3. The number of ether oxygens (including phenoxy) is 1. The molecule has 2 N–H and O–H groups in total. The first-order chi connectivity index (χ1) is 15.1. The van der Waals surface area contributed by atoms with Crippen LogP contribution >= 0.6 is 11.5 Å². The molecule has 0 saturated carbocycles. The summed E-state index contributed by atoms with van der Waals surface area (Å²) in [5, 5.41) is 8.71. The number of benzene rings is 1. The summed E-state index contributed by atoms with van der Waals surface area (Å²) in [5.74, 6) is -2.23. The quantitative estimate of drug-likeness (QED) is 0.648. The van der Waals surface area contributed by atoms with Crippen LogP contribution in [0.4, 0.5) is 18.9 Å². The van der Waals surface area contributed by atoms with E-state index in [1.54, 1.807) is 11.8 Å². The molecular formula is C19H20F3N5O4S. The zero-order valence-corrected chi connectivity index (χ0v) is 17.8. The molecule has 2 heterocycles. The Labute approximate surface area is 185 Å². The molecule has 0 atom stereocenters. The van der Waals surface area contributed by atoms with E-state index in [1.807, 2.05) is 0 Å². The monoisotopic (exact) mass is 471 g/mol. The molecule has 1 aliphatic rings. The van der Waals surface area contributed by atoms with Gasteiger partial charge in [-0.15, -0.1) is 18.3 Å². The maximum Gasteiger partial charge on any atom is 0.573 e. The van der Waals surface area contributed by atoms with Crippen molar-refractivity contribution in [2.45, 2.75) is 26.1 Å². The number of hydrogen-bond donors (Lipinski definition) is 2. The number of piperidine rings is 1. The number of aromatic nitrogens is 2. The molecule has 0 spiro atoms. The zero-order chi connectivity index (χ0) is 23.3. The Bertz CT molecular complexity index is 972. The van der Waals surface area contributed by atoms with Gasteiger partial charge in [-0.2, -0.15) is 0 Å². The van der Waals surface area contributed by atoms with E-state index in [9.17, 15) is 27.6 Å². The summed E-state index contributed by atoms with van der Waals surface area (Å²) in [5.41, 5.74) is 0.752. The van der Waals surface area contributed by atoms with Crippen LogP contribution in [0.5, 0.6) is 5.75 Å². The highest BCUT2D eigenvalue weighted by Gasteiger charge is 2.31. The molecule has 13 heteroatoms. The molecule has 1 fully saturated rings. The summed E-state index contributed by atoms with van der Waals surface area (Å²) < 4.78 is 44.0. The van der Waals surface area contributed by atoms with Gasteiger partial charge in [-0.25, -0.2) is 0 Å². The lowest BCUT2D eigenvalue weighted by atomic mass is 9.96. The van der Waals surface area contributed by atoms with Crippen LogP contribution < -0.4 is 15.4 Å². The van der Waals surface area contributed by atoms with E-state index < -0.39 is 23.9 Å². The molecule has 3 rings (SSSR count). The average Bonchev–Trinajstić information content (AvgIpc) is 3.18. The lowest BCUT2D eigenvalue weighted by Crippen LogP contribution is -2.43. The van der Waals surface area contributed by atoms with Crippen molar-refractivity contribution >= 4 is 34.9 Å². The SMILES string of the molecule is Cc1nnsc1C(=O)N1CCC(CNC(=O)C(=O)Nc2ccc(OC(F)(F)F)cc2)CC1. The maximum atomic E-state index is 12.5. The van der Waals surface area contributed by atoms with Gasteiger partial charge in [0.1, 0.15) is 10.6 Å². The minimum Gasteiger partial charge on any atom is -0.406 e. The molecular weight excluding hydrogens is 451 g/mol. The molecule has 1 aliphatic heterocycles. The summed E-state index contributed by atoms with van der Waals surface area (Å²) >= 11 is 1.06. The van der Waals surface area contributed by atoms with Crippen LogP contribution in [-0.2, 0) is 9.59 Å². The van der Waals surface area contributed by atoms with Gasteiger partial charge in [-0.3, -0.25) is 14.4 Å². The van der Waals surface area contributed by atoms with Crippen molar-refractivity contribution in [2.75, 3.05) is 25.0 Å². The third-order valence-electron chi connectivity index (χ3n) is 4.85. The third kappa shape index (κ3) is 6.39. The van der Waals surface area contributed by atoms with Crippen LogP contribution in [0.1, 0.15) is 28.2 Å². The predicted molar refractivity (Wildman–Crippen MR) is 108 cm³/mol. The molecule has 0 radical (unpaired) electrons. The number of likely N-dealkylation sites (tertiary alicyclic amines) is 1. The topological polar surface area (TPSA) is 114 Å². The van der Waals surface area contributed by atoms with E-state index in [4.69, 9.17) is 0 Å². The minimum absolute atomic E-state index is 0.106. The second-order valence-corrected chi connectivity index (χ2v) is 7.91. The van der Waals surface area contributed by atoms with Gasteiger partial charge in [-0.05, 0) is 61.5 Å². The first-order valence-corrected chi connectivity index (χ1v) is 10.4. The number of amides is 3. The minimum atomic E-state index is -4.81. The highest BCUT2D eigenvalue weighted by atomic mass is 32.1. The number of aryl methyl sites for hydroxylation is 1. The molecule has 9 nitrogen and oxygen atoms in total. The Morgan fingerprint density at radius 2 is 1.81 bits per heavy atom. The van der Waals surface area contributed by atoms with Crippen molar-refractivity contribution < 1.29 is 32.3 Å². The number of carbonyl (C=O) groups excluding carboxylic acids is 3. The van der Waals surface area contributed by atoms with Gasteiger partial charge in [0.05, 0.1) is 5.69 Å². The third-order valence-corrected chi connectivity index (χ3v) is 5.67. The first kappa shape index (κ1) is 23.4.